The minimum absolute atomic E-state index is 0.0429. The molecule has 0 radical (unpaired) electrons. The number of carbonyl (C=O) groups excluding carboxylic acids is 1. The molecule has 1 aromatic rings. The van der Waals surface area contributed by atoms with Crippen molar-refractivity contribution in [2.75, 3.05) is 0 Å². The Morgan fingerprint density at radius 2 is 1.91 bits per heavy atom. The average Bonchev–Trinajstić information content (AvgIpc) is 3.08. The summed E-state index contributed by atoms with van der Waals surface area (Å²) in [5.74, 6) is -0.687. The monoisotopic (exact) mass is 462 g/mol. The normalized spacial score (nSPS) is 24.8. The zero-order valence-electron chi connectivity index (χ0n) is 20.6. The van der Waals surface area contributed by atoms with Crippen molar-refractivity contribution in [2.24, 2.45) is 5.92 Å². The second kappa shape index (κ2) is 14.5. The van der Waals surface area contributed by atoms with Crippen LogP contribution in [-0.4, -0.2) is 34.6 Å². The quantitative estimate of drug-likeness (QED) is 0.187. The zero-order chi connectivity index (χ0) is 24.2. The number of carbonyl (C=O) groups is 1. The summed E-state index contributed by atoms with van der Waals surface area (Å²) in [6.45, 7) is 6.02. The topological polar surface area (TPSA) is 66.8 Å². The molecule has 33 heavy (non-hydrogen) atoms. The van der Waals surface area contributed by atoms with Gasteiger partial charge in [-0.25, -0.2) is 4.39 Å². The number of unbranched alkanes of at least 4 members (excludes halogenated alkanes) is 3. The molecule has 186 valence electrons. The van der Waals surface area contributed by atoms with E-state index < -0.39 is 18.4 Å². The third-order valence-corrected chi connectivity index (χ3v) is 6.83. The van der Waals surface area contributed by atoms with Crippen LogP contribution in [0.1, 0.15) is 108 Å². The van der Waals surface area contributed by atoms with E-state index in [1.54, 1.807) is 0 Å². The molecule has 0 aliphatic heterocycles. The van der Waals surface area contributed by atoms with Gasteiger partial charge in [-0.15, -0.1) is 0 Å². The molecule has 5 heteroatoms. The molecular formula is C28H43FO4. The van der Waals surface area contributed by atoms with Crippen molar-refractivity contribution in [1.82, 2.24) is 0 Å². The van der Waals surface area contributed by atoms with Gasteiger partial charge in [0.2, 0.25) is 0 Å². The Bertz CT molecular complexity index is 717. The van der Waals surface area contributed by atoms with E-state index in [-0.39, 0.29) is 30.3 Å². The Hall–Kier alpha value is -1.72. The molecule has 0 heterocycles. The maximum atomic E-state index is 14.7. The number of allylic oxidation sites excluding steroid dienone is 2. The van der Waals surface area contributed by atoms with E-state index in [1.807, 2.05) is 50.3 Å². The molecule has 0 saturated heterocycles. The van der Waals surface area contributed by atoms with Crippen molar-refractivity contribution in [2.45, 2.75) is 115 Å². The van der Waals surface area contributed by atoms with E-state index >= 15 is 0 Å². The average molecular weight is 463 g/mol. The van der Waals surface area contributed by atoms with Gasteiger partial charge in [-0.3, -0.25) is 4.79 Å². The lowest BCUT2D eigenvalue weighted by atomic mass is 9.84. The lowest BCUT2D eigenvalue weighted by Crippen LogP contribution is -2.18. The van der Waals surface area contributed by atoms with Crippen LogP contribution in [0.5, 0.6) is 0 Å². The molecule has 0 bridgehead atoms. The van der Waals surface area contributed by atoms with Crippen LogP contribution in [0.2, 0.25) is 0 Å². The highest BCUT2D eigenvalue weighted by Crippen LogP contribution is 2.44. The molecule has 2 N–H and O–H groups in total. The number of hydrogen-bond acceptors (Lipinski definition) is 4. The molecule has 0 aromatic heterocycles. The fraction of sp³-hybridized carbons (Fsp3) is 0.679. The molecule has 1 aliphatic carbocycles. The summed E-state index contributed by atoms with van der Waals surface area (Å²) < 4.78 is 20.0. The van der Waals surface area contributed by atoms with Crippen molar-refractivity contribution in [3.05, 3.63) is 47.5 Å². The van der Waals surface area contributed by atoms with Crippen molar-refractivity contribution in [1.29, 1.82) is 0 Å². The number of hydrogen-bond donors (Lipinski definition) is 2. The van der Waals surface area contributed by atoms with Gasteiger partial charge in [-0.05, 0) is 50.2 Å². The first kappa shape index (κ1) is 27.5. The highest BCUT2D eigenvalue weighted by Gasteiger charge is 2.42. The van der Waals surface area contributed by atoms with Gasteiger partial charge in [0.1, 0.15) is 6.17 Å². The molecule has 1 saturated carbocycles. The molecule has 1 aromatic carbocycles. The van der Waals surface area contributed by atoms with Crippen molar-refractivity contribution in [3.8, 4) is 0 Å². The van der Waals surface area contributed by atoms with E-state index in [1.165, 1.54) is 0 Å². The second-order valence-corrected chi connectivity index (χ2v) is 9.49. The summed E-state index contributed by atoms with van der Waals surface area (Å²) >= 11 is 0. The first-order valence-corrected chi connectivity index (χ1v) is 12.8. The Kier molecular flexibility index (Phi) is 12.1. The third kappa shape index (κ3) is 8.86. The van der Waals surface area contributed by atoms with Crippen LogP contribution in [0.3, 0.4) is 0 Å². The zero-order valence-corrected chi connectivity index (χ0v) is 20.6. The highest BCUT2D eigenvalue weighted by molar-refractivity contribution is 5.69. The van der Waals surface area contributed by atoms with Gasteiger partial charge >= 0.3 is 5.97 Å². The number of ether oxygens (including phenoxy) is 1. The number of rotatable bonds is 14. The fourth-order valence-corrected chi connectivity index (χ4v) is 4.62. The predicted octanol–water partition coefficient (Wildman–Crippen LogP) is 6.56. The van der Waals surface area contributed by atoms with E-state index in [0.29, 0.717) is 19.3 Å². The van der Waals surface area contributed by atoms with Gasteiger partial charge in [-0.1, -0.05) is 69.5 Å². The van der Waals surface area contributed by atoms with Crippen molar-refractivity contribution < 1.29 is 24.1 Å². The molecule has 2 rings (SSSR count). The minimum atomic E-state index is -1.04. The second-order valence-electron chi connectivity index (χ2n) is 9.49. The van der Waals surface area contributed by atoms with Gasteiger partial charge in [0.05, 0.1) is 18.3 Å². The van der Waals surface area contributed by atoms with Gasteiger partial charge in [0, 0.05) is 24.7 Å². The van der Waals surface area contributed by atoms with Gasteiger partial charge in [-0.2, -0.15) is 0 Å². The number of halogens is 1. The van der Waals surface area contributed by atoms with Crippen LogP contribution in [0.15, 0.2) is 36.4 Å². The van der Waals surface area contributed by atoms with Crippen LogP contribution >= 0.6 is 0 Å². The standard InChI is InChI=1S/C28H43FO4/c1-4-6-9-13-25(30)21-15-17-22(18-16-21)28-23(24(29)19-26(28)31)12-10-7-8-11-14-27(32)33-20(3)5-2/h7,10,15-18,20,23-26,28,30-31H,4-6,8-9,11-14,19H2,1-3H3/t20?,23-,24+,25?,26+,28+/m0/s1. The molecule has 6 atom stereocenters. The maximum absolute atomic E-state index is 14.7. The van der Waals surface area contributed by atoms with E-state index in [0.717, 1.165) is 49.7 Å². The van der Waals surface area contributed by atoms with Crippen LogP contribution in [0.25, 0.3) is 0 Å². The van der Waals surface area contributed by atoms with E-state index in [4.69, 9.17) is 4.74 Å². The summed E-state index contributed by atoms with van der Waals surface area (Å²) in [4.78, 5) is 11.7. The first-order valence-electron chi connectivity index (χ1n) is 12.8. The van der Waals surface area contributed by atoms with Gasteiger partial charge < -0.3 is 14.9 Å². The smallest absolute Gasteiger partial charge is 0.306 e. The molecular weight excluding hydrogens is 419 g/mol. The van der Waals surface area contributed by atoms with Crippen LogP contribution in [0.4, 0.5) is 4.39 Å². The molecule has 0 spiro atoms. The van der Waals surface area contributed by atoms with Gasteiger partial charge in [0.25, 0.3) is 0 Å². The minimum Gasteiger partial charge on any atom is -0.463 e. The summed E-state index contributed by atoms with van der Waals surface area (Å²) in [6.07, 6.45) is 9.07. The van der Waals surface area contributed by atoms with Crippen LogP contribution in [0, 0.1) is 5.92 Å². The first-order chi connectivity index (χ1) is 15.9. The number of alkyl halides is 1. The summed E-state index contributed by atoms with van der Waals surface area (Å²) in [5, 5.41) is 20.9. The SMILES string of the molecule is CCCCCC(O)c1ccc([C@@H]2[C@@H](CC=CCCCC(=O)OC(C)CC)[C@H](F)C[C@H]2O)cc1. The predicted molar refractivity (Wildman–Crippen MR) is 131 cm³/mol. The maximum Gasteiger partial charge on any atom is 0.306 e. The molecule has 4 nitrogen and oxygen atoms in total. The number of aliphatic hydroxyl groups is 2. The lowest BCUT2D eigenvalue weighted by molar-refractivity contribution is -0.148. The van der Waals surface area contributed by atoms with Crippen LogP contribution in [-0.2, 0) is 9.53 Å². The third-order valence-electron chi connectivity index (χ3n) is 6.83. The lowest BCUT2D eigenvalue weighted by Gasteiger charge is -2.23. The Morgan fingerprint density at radius 3 is 2.58 bits per heavy atom. The summed E-state index contributed by atoms with van der Waals surface area (Å²) in [6, 6.07) is 7.69. The molecule has 1 fully saturated rings. The van der Waals surface area contributed by atoms with Crippen molar-refractivity contribution in [3.63, 3.8) is 0 Å². The van der Waals surface area contributed by atoms with Crippen LogP contribution < -0.4 is 0 Å². The summed E-state index contributed by atoms with van der Waals surface area (Å²) in [7, 11) is 0. The highest BCUT2D eigenvalue weighted by atomic mass is 19.1. The Morgan fingerprint density at radius 1 is 1.18 bits per heavy atom. The number of esters is 1. The Labute approximate surface area is 199 Å². The van der Waals surface area contributed by atoms with E-state index in [9.17, 15) is 19.4 Å². The number of benzene rings is 1. The molecule has 1 aliphatic rings. The van der Waals surface area contributed by atoms with Crippen molar-refractivity contribution >= 4 is 5.97 Å². The fourth-order valence-electron chi connectivity index (χ4n) is 4.62. The number of aliphatic hydroxyl groups excluding tert-OH is 2. The molecule has 2 unspecified atom stereocenters. The van der Waals surface area contributed by atoms with E-state index in [2.05, 4.69) is 6.92 Å². The largest absolute Gasteiger partial charge is 0.463 e. The summed E-state index contributed by atoms with van der Waals surface area (Å²) in [5.41, 5.74) is 1.81. The Balaban J connectivity index is 1.87. The molecule has 0 amide bonds. The van der Waals surface area contributed by atoms with Gasteiger partial charge in [0.15, 0.2) is 0 Å².